The maximum atomic E-state index is 14.7. The van der Waals surface area contributed by atoms with E-state index in [4.69, 9.17) is 14.2 Å². The first-order valence-corrected chi connectivity index (χ1v) is 13.6. The van der Waals surface area contributed by atoms with Crippen molar-refractivity contribution in [2.75, 3.05) is 6.61 Å². The van der Waals surface area contributed by atoms with Gasteiger partial charge in [0, 0.05) is 11.1 Å². The summed E-state index contributed by atoms with van der Waals surface area (Å²) in [6.07, 6.45) is -6.45. The highest BCUT2D eigenvalue weighted by atomic mass is 19.4. The molecular formula is C27H39F7O3. The first-order chi connectivity index (χ1) is 17.4. The first-order valence-electron chi connectivity index (χ1n) is 13.6. The van der Waals surface area contributed by atoms with Crippen LogP contribution in [0.25, 0.3) is 0 Å². The van der Waals surface area contributed by atoms with Crippen LogP contribution in [0.3, 0.4) is 0 Å². The van der Waals surface area contributed by atoms with Crippen molar-refractivity contribution in [3.05, 3.63) is 23.3 Å². The summed E-state index contributed by atoms with van der Waals surface area (Å²) in [6.45, 7) is 2.43. The predicted molar refractivity (Wildman–Crippen MR) is 125 cm³/mol. The van der Waals surface area contributed by atoms with Crippen LogP contribution in [-0.2, 0) is 14.2 Å². The van der Waals surface area contributed by atoms with Crippen LogP contribution < -0.4 is 0 Å². The normalized spacial score (nSPS) is 28.1. The molecule has 1 fully saturated rings. The van der Waals surface area contributed by atoms with E-state index >= 15 is 0 Å². The average molecular weight is 545 g/mol. The molecule has 1 heterocycles. The predicted octanol–water partition coefficient (Wildman–Crippen LogP) is 8.88. The molecule has 3 aliphatic rings. The molecule has 4 unspecified atom stereocenters. The summed E-state index contributed by atoms with van der Waals surface area (Å²) in [5, 5.41) is 0. The van der Waals surface area contributed by atoms with Gasteiger partial charge in [0.15, 0.2) is 0 Å². The van der Waals surface area contributed by atoms with Gasteiger partial charge in [0.1, 0.15) is 6.10 Å². The van der Waals surface area contributed by atoms with E-state index in [9.17, 15) is 30.7 Å². The number of halogens is 7. The summed E-state index contributed by atoms with van der Waals surface area (Å²) in [6, 6.07) is 0. The molecule has 0 radical (unpaired) electrons. The quantitative estimate of drug-likeness (QED) is 0.140. The van der Waals surface area contributed by atoms with Crippen LogP contribution in [0.2, 0.25) is 0 Å². The van der Waals surface area contributed by atoms with Crippen LogP contribution in [-0.4, -0.2) is 43.3 Å². The van der Waals surface area contributed by atoms with Gasteiger partial charge in [0.05, 0.1) is 18.8 Å². The van der Waals surface area contributed by atoms with Crippen molar-refractivity contribution in [2.45, 2.75) is 134 Å². The zero-order valence-corrected chi connectivity index (χ0v) is 21.4. The summed E-state index contributed by atoms with van der Waals surface area (Å²) >= 11 is 0. The van der Waals surface area contributed by atoms with Gasteiger partial charge in [-0.1, -0.05) is 51.2 Å². The van der Waals surface area contributed by atoms with Gasteiger partial charge >= 0.3 is 18.4 Å². The van der Waals surface area contributed by atoms with E-state index in [-0.39, 0.29) is 63.0 Å². The largest absolute Gasteiger partial charge is 0.412 e. The molecule has 0 saturated carbocycles. The lowest BCUT2D eigenvalue weighted by Crippen LogP contribution is -2.45. The molecule has 0 amide bonds. The molecule has 3 rings (SSSR count). The molecule has 0 N–H and O–H groups in total. The number of rotatable bonds is 12. The molecule has 1 aliphatic heterocycles. The van der Waals surface area contributed by atoms with E-state index in [0.717, 1.165) is 31.4 Å². The smallest absolute Gasteiger partial charge is 0.369 e. The molecule has 0 spiro atoms. The molecule has 4 atom stereocenters. The Labute approximate surface area is 214 Å². The van der Waals surface area contributed by atoms with E-state index in [1.54, 1.807) is 0 Å². The van der Waals surface area contributed by atoms with Gasteiger partial charge < -0.3 is 14.2 Å². The second-order valence-corrected chi connectivity index (χ2v) is 10.5. The lowest BCUT2D eigenvalue weighted by atomic mass is 9.92. The number of allylic oxidation sites excluding steroid dienone is 1. The fraction of sp³-hybridized carbons (Fsp3) is 0.852. The van der Waals surface area contributed by atoms with Crippen molar-refractivity contribution in [1.82, 2.24) is 0 Å². The van der Waals surface area contributed by atoms with Crippen LogP contribution in [0.4, 0.5) is 30.7 Å². The van der Waals surface area contributed by atoms with Crippen molar-refractivity contribution >= 4 is 0 Å². The Morgan fingerprint density at radius 2 is 1.41 bits per heavy atom. The lowest BCUT2D eigenvalue weighted by molar-refractivity contribution is -0.324. The van der Waals surface area contributed by atoms with Crippen molar-refractivity contribution in [1.29, 1.82) is 0 Å². The van der Waals surface area contributed by atoms with Crippen molar-refractivity contribution < 1.29 is 44.9 Å². The Morgan fingerprint density at radius 3 is 1.95 bits per heavy atom. The summed E-state index contributed by atoms with van der Waals surface area (Å²) in [5.74, 6) is 0.274. The summed E-state index contributed by atoms with van der Waals surface area (Å²) in [5.41, 5.74) is -1.08. The highest BCUT2D eigenvalue weighted by Gasteiger charge is 2.47. The van der Waals surface area contributed by atoms with Gasteiger partial charge in [0.25, 0.3) is 0 Å². The van der Waals surface area contributed by atoms with Crippen molar-refractivity contribution in [2.24, 2.45) is 5.92 Å². The van der Waals surface area contributed by atoms with Gasteiger partial charge in [0.2, 0.25) is 0 Å². The van der Waals surface area contributed by atoms with Crippen LogP contribution in [0.5, 0.6) is 0 Å². The van der Waals surface area contributed by atoms with Crippen molar-refractivity contribution in [3.63, 3.8) is 0 Å². The molecule has 10 heteroatoms. The Hall–Kier alpha value is -1.13. The fourth-order valence-electron chi connectivity index (χ4n) is 5.27. The van der Waals surface area contributed by atoms with E-state index in [2.05, 4.69) is 6.92 Å². The minimum absolute atomic E-state index is 0.0315. The number of unbranched alkanes of at least 4 members (excludes halogenated alkanes) is 4. The molecule has 214 valence electrons. The molecule has 1 saturated heterocycles. The molecular weight excluding hydrogens is 505 g/mol. The topological polar surface area (TPSA) is 27.7 Å². The van der Waals surface area contributed by atoms with Gasteiger partial charge in [-0.3, -0.25) is 0 Å². The van der Waals surface area contributed by atoms with Crippen LogP contribution in [0.15, 0.2) is 23.3 Å². The summed E-state index contributed by atoms with van der Waals surface area (Å²) in [4.78, 5) is 0. The molecule has 3 nitrogen and oxygen atoms in total. The zero-order valence-electron chi connectivity index (χ0n) is 21.4. The zero-order chi connectivity index (χ0) is 27.1. The highest BCUT2D eigenvalue weighted by molar-refractivity contribution is 5.15. The minimum atomic E-state index is -4.46. The third-order valence-electron chi connectivity index (χ3n) is 7.56. The maximum absolute atomic E-state index is 14.7. The fourth-order valence-corrected chi connectivity index (χ4v) is 5.27. The number of alkyl halides is 7. The van der Waals surface area contributed by atoms with Crippen LogP contribution in [0, 0.1) is 5.92 Å². The standard InChI is InChI=1S/C27H39F7O3/c1-2-3-4-5-6-7-19-8-17-24(35-18-19)27(33,34)37-23-15-11-21(12-16-23)26(31,32)36-22-13-9-20(10-14-22)25(28,29)30/h9,11,19,22-24H,2-8,10,12-18H2,1H3. The maximum Gasteiger partial charge on any atom is 0.412 e. The van der Waals surface area contributed by atoms with E-state index in [1.807, 2.05) is 0 Å². The molecule has 0 aromatic carbocycles. The number of hydrogen-bond acceptors (Lipinski definition) is 3. The van der Waals surface area contributed by atoms with E-state index in [0.29, 0.717) is 6.42 Å². The Kier molecular flexibility index (Phi) is 10.9. The van der Waals surface area contributed by atoms with Crippen LogP contribution in [0.1, 0.15) is 96.8 Å². The summed E-state index contributed by atoms with van der Waals surface area (Å²) in [7, 11) is 0. The van der Waals surface area contributed by atoms with Gasteiger partial charge in [-0.15, -0.1) is 0 Å². The molecule has 0 bridgehead atoms. The first kappa shape index (κ1) is 30.4. The minimum Gasteiger partial charge on any atom is -0.369 e. The van der Waals surface area contributed by atoms with Gasteiger partial charge in [-0.05, 0) is 63.7 Å². The molecule has 0 aromatic rings. The lowest BCUT2D eigenvalue weighted by Gasteiger charge is -2.36. The summed E-state index contributed by atoms with van der Waals surface area (Å²) < 4.78 is 112. The van der Waals surface area contributed by atoms with Gasteiger partial charge in [-0.2, -0.15) is 30.7 Å². The number of ether oxygens (including phenoxy) is 3. The Balaban J connectivity index is 1.41. The number of hydrogen-bond donors (Lipinski definition) is 0. The third-order valence-corrected chi connectivity index (χ3v) is 7.56. The molecule has 2 aliphatic carbocycles. The average Bonchev–Trinajstić information content (AvgIpc) is 2.84. The van der Waals surface area contributed by atoms with Crippen LogP contribution >= 0.6 is 0 Å². The third kappa shape index (κ3) is 9.24. The van der Waals surface area contributed by atoms with Crippen molar-refractivity contribution in [3.8, 4) is 0 Å². The second kappa shape index (κ2) is 13.3. The van der Waals surface area contributed by atoms with E-state index < -0.39 is 42.3 Å². The Bertz CT molecular complexity index is 770. The highest BCUT2D eigenvalue weighted by Crippen LogP contribution is 2.41. The van der Waals surface area contributed by atoms with Gasteiger partial charge in [-0.25, -0.2) is 0 Å². The molecule has 0 aromatic heterocycles. The van der Waals surface area contributed by atoms with E-state index in [1.165, 1.54) is 19.3 Å². The monoisotopic (exact) mass is 544 g/mol. The molecule has 37 heavy (non-hydrogen) atoms. The Morgan fingerprint density at radius 1 is 0.784 bits per heavy atom. The second-order valence-electron chi connectivity index (χ2n) is 10.5. The SMILES string of the molecule is CCCCCCCC1CCC(C(F)(F)OC2CC=C(C(F)(F)OC3CC=C(C(F)(F)F)CC3)CC2)OC1.